The molecule has 0 saturated heterocycles. The maximum Gasteiger partial charge on any atom is 0.421 e. The minimum Gasteiger partial charge on any atom is -0.452 e. The van der Waals surface area contributed by atoms with Crippen molar-refractivity contribution in [2.45, 2.75) is 11.8 Å². The van der Waals surface area contributed by atoms with Gasteiger partial charge in [0.05, 0.1) is 12.0 Å². The second-order valence-electron chi connectivity index (χ2n) is 4.03. The summed E-state index contributed by atoms with van der Waals surface area (Å²) in [6.45, 7) is 1.82. The average molecular weight is 296 g/mol. The molecule has 0 atom stereocenters. The van der Waals surface area contributed by atoms with Gasteiger partial charge in [0.15, 0.2) is 0 Å². The van der Waals surface area contributed by atoms with Gasteiger partial charge in [-0.25, -0.2) is 22.6 Å². The summed E-state index contributed by atoms with van der Waals surface area (Å²) >= 11 is 0. The molecule has 8 heteroatoms. The van der Waals surface area contributed by atoms with Gasteiger partial charge in [-0.3, -0.25) is 0 Å². The molecule has 0 aliphatic carbocycles. The van der Waals surface area contributed by atoms with Crippen molar-refractivity contribution < 1.29 is 17.9 Å². The van der Waals surface area contributed by atoms with E-state index in [-0.39, 0.29) is 4.90 Å². The van der Waals surface area contributed by atoms with Gasteiger partial charge in [-0.05, 0) is 19.1 Å². The van der Waals surface area contributed by atoms with E-state index >= 15 is 0 Å². The predicted molar refractivity (Wildman–Crippen MR) is 70.3 cm³/mol. The predicted octanol–water partition coefficient (Wildman–Crippen LogP) is 0.810. The number of carbonyl (C=O) groups is 1. The monoisotopic (exact) mass is 296 g/mol. The third-order valence-corrected chi connectivity index (χ3v) is 4.36. The molecule has 106 valence electrons. The van der Waals surface area contributed by atoms with Gasteiger partial charge >= 0.3 is 11.8 Å². The summed E-state index contributed by atoms with van der Waals surface area (Å²) in [6.07, 6.45) is 1.10. The van der Waals surface area contributed by atoms with E-state index in [4.69, 9.17) is 0 Å². The Morgan fingerprint density at radius 2 is 1.75 bits per heavy atom. The largest absolute Gasteiger partial charge is 0.452 e. The van der Waals surface area contributed by atoms with Crippen LogP contribution in [0, 0.1) is 6.92 Å². The van der Waals surface area contributed by atoms with E-state index in [1.54, 1.807) is 12.1 Å². The number of benzene rings is 1. The summed E-state index contributed by atoms with van der Waals surface area (Å²) in [6, 6.07) is 6.03. The van der Waals surface area contributed by atoms with Crippen LogP contribution >= 0.6 is 0 Å². The molecule has 0 N–H and O–H groups in total. The molecule has 0 amide bonds. The molecule has 7 nitrogen and oxygen atoms in total. The molecule has 0 aliphatic heterocycles. The van der Waals surface area contributed by atoms with Crippen molar-refractivity contribution in [3.05, 3.63) is 52.7 Å². The van der Waals surface area contributed by atoms with Crippen LogP contribution in [0.4, 0.5) is 4.79 Å². The number of rotatable bonds is 2. The van der Waals surface area contributed by atoms with Crippen LogP contribution in [0.3, 0.4) is 0 Å². The minimum atomic E-state index is -4.03. The van der Waals surface area contributed by atoms with Gasteiger partial charge in [0.2, 0.25) is 0 Å². The lowest BCUT2D eigenvalue weighted by molar-refractivity contribution is 0.172. The quantitative estimate of drug-likeness (QED) is 0.818. The lowest BCUT2D eigenvalue weighted by Gasteiger charge is -2.04. The first kappa shape index (κ1) is 14.1. The Bertz CT molecular complexity index is 799. The number of aryl methyl sites for hydroxylation is 1. The normalized spacial score (nSPS) is 11.3. The zero-order valence-corrected chi connectivity index (χ0v) is 11.6. The summed E-state index contributed by atoms with van der Waals surface area (Å²) < 4.78 is 30.0. The van der Waals surface area contributed by atoms with Crippen molar-refractivity contribution in [1.82, 2.24) is 8.54 Å². The van der Waals surface area contributed by atoms with Gasteiger partial charge in [0, 0.05) is 12.4 Å². The highest BCUT2D eigenvalue weighted by atomic mass is 32.2. The molecule has 0 aliphatic rings. The molecule has 0 spiro atoms. The molecule has 1 aromatic carbocycles. The minimum absolute atomic E-state index is 0.0344. The Balaban J connectivity index is 2.56. The summed E-state index contributed by atoms with van der Waals surface area (Å²) in [5.74, 6) is 0. The average Bonchev–Trinajstić information content (AvgIpc) is 2.81. The highest BCUT2D eigenvalue weighted by Gasteiger charge is 2.22. The fraction of sp³-hybridized carbons (Fsp3) is 0.167. The number of nitrogens with zero attached hydrogens (tertiary/aromatic N) is 2. The number of methoxy groups -OCH3 is 1. The maximum atomic E-state index is 12.3. The van der Waals surface area contributed by atoms with Crippen molar-refractivity contribution in [2.24, 2.45) is 0 Å². The molecule has 1 aromatic heterocycles. The third kappa shape index (κ3) is 2.25. The van der Waals surface area contributed by atoms with Gasteiger partial charge in [-0.2, -0.15) is 3.97 Å². The molecule has 0 radical (unpaired) electrons. The van der Waals surface area contributed by atoms with Gasteiger partial charge in [-0.15, -0.1) is 0 Å². The van der Waals surface area contributed by atoms with Crippen LogP contribution in [-0.4, -0.2) is 30.2 Å². The molecule has 0 unspecified atom stereocenters. The molecular weight excluding hydrogens is 284 g/mol. The molecule has 0 bridgehead atoms. The zero-order valence-electron chi connectivity index (χ0n) is 10.8. The number of carbonyl (C=O) groups excluding carboxylic acids is 1. The standard InChI is InChI=1S/C12H12N2O5S/c1-9-3-5-10(6-4-9)20(17,18)14-8-7-13(11(14)15)12(16)19-2/h3-8H,1-2H3. The Kier molecular flexibility index (Phi) is 3.49. The summed E-state index contributed by atoms with van der Waals surface area (Å²) in [5, 5.41) is 0. The Hall–Kier alpha value is -2.35. The van der Waals surface area contributed by atoms with Crippen LogP contribution in [-0.2, 0) is 14.8 Å². The van der Waals surface area contributed by atoms with Crippen LogP contribution < -0.4 is 5.69 Å². The fourth-order valence-corrected chi connectivity index (χ4v) is 2.82. The summed E-state index contributed by atoms with van der Waals surface area (Å²) in [5.41, 5.74) is -0.110. The van der Waals surface area contributed by atoms with Crippen LogP contribution in [0.2, 0.25) is 0 Å². The Morgan fingerprint density at radius 3 is 2.30 bits per heavy atom. The van der Waals surface area contributed by atoms with Gasteiger partial charge < -0.3 is 4.74 Å². The number of hydrogen-bond donors (Lipinski definition) is 0. The summed E-state index contributed by atoms with van der Waals surface area (Å²) in [4.78, 5) is 23.2. The first-order valence-electron chi connectivity index (χ1n) is 5.58. The number of hydrogen-bond acceptors (Lipinski definition) is 5. The van der Waals surface area contributed by atoms with Crippen LogP contribution in [0.25, 0.3) is 0 Å². The first-order chi connectivity index (χ1) is 9.37. The van der Waals surface area contributed by atoms with Crippen molar-refractivity contribution in [2.75, 3.05) is 7.11 Å². The Morgan fingerprint density at radius 1 is 1.15 bits per heavy atom. The lowest BCUT2D eigenvalue weighted by atomic mass is 10.2. The smallest absolute Gasteiger partial charge is 0.421 e. The number of aromatic nitrogens is 2. The molecule has 2 aromatic rings. The van der Waals surface area contributed by atoms with E-state index < -0.39 is 21.8 Å². The van der Waals surface area contributed by atoms with Crippen LogP contribution in [0.1, 0.15) is 5.56 Å². The number of imidazole rings is 1. The topological polar surface area (TPSA) is 87.4 Å². The SMILES string of the molecule is COC(=O)n1ccn(S(=O)(=O)c2ccc(C)cc2)c1=O. The van der Waals surface area contributed by atoms with Gasteiger partial charge in [0.1, 0.15) is 0 Å². The molecule has 0 fully saturated rings. The highest BCUT2D eigenvalue weighted by Crippen LogP contribution is 2.12. The van der Waals surface area contributed by atoms with Crippen LogP contribution in [0.15, 0.2) is 46.3 Å². The van der Waals surface area contributed by atoms with Gasteiger partial charge in [0.25, 0.3) is 10.0 Å². The molecular formula is C12H12N2O5S. The van der Waals surface area contributed by atoms with E-state index in [9.17, 15) is 18.0 Å². The molecule has 2 rings (SSSR count). The van der Waals surface area contributed by atoms with E-state index in [0.717, 1.165) is 25.1 Å². The molecule has 1 heterocycles. The third-order valence-electron chi connectivity index (χ3n) is 2.69. The van der Waals surface area contributed by atoms with Crippen molar-refractivity contribution in [3.63, 3.8) is 0 Å². The Labute approximate surface area is 115 Å². The van der Waals surface area contributed by atoms with Gasteiger partial charge in [-0.1, -0.05) is 17.7 Å². The zero-order chi connectivity index (χ0) is 14.9. The second-order valence-corrected chi connectivity index (χ2v) is 5.85. The second kappa shape index (κ2) is 4.97. The number of ether oxygens (including phenoxy) is 1. The van der Waals surface area contributed by atoms with E-state index in [1.807, 2.05) is 6.92 Å². The highest BCUT2D eigenvalue weighted by molar-refractivity contribution is 7.90. The van der Waals surface area contributed by atoms with Crippen molar-refractivity contribution in [1.29, 1.82) is 0 Å². The van der Waals surface area contributed by atoms with Crippen molar-refractivity contribution >= 4 is 16.1 Å². The van der Waals surface area contributed by atoms with E-state index in [2.05, 4.69) is 4.74 Å². The first-order valence-corrected chi connectivity index (χ1v) is 7.02. The molecule has 20 heavy (non-hydrogen) atoms. The molecule has 0 saturated carbocycles. The maximum absolute atomic E-state index is 12.3. The van der Waals surface area contributed by atoms with Crippen LogP contribution in [0.5, 0.6) is 0 Å². The van der Waals surface area contributed by atoms with Crippen molar-refractivity contribution in [3.8, 4) is 0 Å². The summed E-state index contributed by atoms with van der Waals surface area (Å²) in [7, 11) is -2.93. The van der Waals surface area contributed by atoms with E-state index in [1.165, 1.54) is 12.1 Å². The van der Waals surface area contributed by atoms with E-state index in [0.29, 0.717) is 8.54 Å². The fourth-order valence-electron chi connectivity index (χ4n) is 1.60. The lowest BCUT2D eigenvalue weighted by Crippen LogP contribution is -2.32.